The number of anilines is 4. The number of hydrogen-bond donors (Lipinski definition) is 3. The molecule has 0 radical (unpaired) electrons. The Labute approximate surface area is 442 Å². The first-order valence-electron chi connectivity index (χ1n) is 24.5. The van der Waals surface area contributed by atoms with Crippen molar-refractivity contribution in [1.29, 1.82) is 0 Å². The minimum absolute atomic E-state index is 0. The number of aryl methyl sites for hydroxylation is 2. The summed E-state index contributed by atoms with van der Waals surface area (Å²) in [5, 5.41) is 9.42. The monoisotopic (exact) mass is 1070 g/mol. The van der Waals surface area contributed by atoms with Crippen molar-refractivity contribution < 1.29 is 27.1 Å². The molecule has 0 bridgehead atoms. The van der Waals surface area contributed by atoms with Crippen LogP contribution in [0.4, 0.5) is 45.9 Å². The summed E-state index contributed by atoms with van der Waals surface area (Å²) in [6, 6.07) is 13.6. The molecule has 12 rings (SSSR count). The van der Waals surface area contributed by atoms with Crippen molar-refractivity contribution in [2.75, 3.05) is 23.7 Å². The lowest BCUT2D eigenvalue weighted by Crippen LogP contribution is -2.40. The van der Waals surface area contributed by atoms with E-state index in [9.17, 15) is 13.6 Å². The summed E-state index contributed by atoms with van der Waals surface area (Å²) in [6.07, 6.45) is 6.59. The molecule has 0 spiro atoms. The lowest BCUT2D eigenvalue weighted by molar-refractivity contribution is 0.0222. The first kappa shape index (κ1) is 52.8. The topological polar surface area (TPSA) is 179 Å². The second-order valence-corrected chi connectivity index (χ2v) is 21.2. The number of nitrogens with one attached hydrogen (secondary N) is 3. The molecule has 0 saturated heterocycles. The van der Waals surface area contributed by atoms with Crippen LogP contribution in [0.1, 0.15) is 95.5 Å². The third-order valence-electron chi connectivity index (χ3n) is 13.8. The van der Waals surface area contributed by atoms with Crippen LogP contribution >= 0.6 is 24.8 Å². The molecule has 0 aliphatic carbocycles. The second-order valence-electron chi connectivity index (χ2n) is 21.2. The molecule has 0 fully saturated rings. The molecule has 8 aromatic rings. The summed E-state index contributed by atoms with van der Waals surface area (Å²) in [4.78, 5) is 49.3. The molecule has 6 aromatic heterocycles. The van der Waals surface area contributed by atoms with E-state index in [1.807, 2.05) is 43.5 Å². The van der Waals surface area contributed by atoms with Crippen molar-refractivity contribution in [2.45, 2.75) is 117 Å². The fourth-order valence-electron chi connectivity index (χ4n) is 10.3. The standard InChI is InChI=1S/C29H31F2N7O2.C24H23F2N7.2ClH/c1-28(2,3)40-27(39)37-11-9-20-16(15-37)6-7-22(33-20)34-26-32-14-19(31)24(36-26)17-12-18(30)25-21(13-17)38-23(35-25)8-10-29(38,4)5;1-24(2)7-5-20-31-22-15(25)9-14(10-18(22)33(20)24)21-16(26)12-28-23(32-21)30-19-4-3-13-11-27-8-6-17(13)29-19;;/h6-7,12-14H,8-11,15H2,1-5H3,(H,32,33,34,36);3-4,9-10,12,27H,5-8,11H2,1-2H3,(H,28,29,30,32);2*1H. The number of nitrogens with zero attached hydrogens (tertiary/aromatic N) is 11. The van der Waals surface area contributed by atoms with Crippen LogP contribution in [-0.2, 0) is 54.6 Å². The Morgan fingerprint density at radius 2 is 1.13 bits per heavy atom. The minimum atomic E-state index is -0.662. The summed E-state index contributed by atoms with van der Waals surface area (Å²) >= 11 is 0. The van der Waals surface area contributed by atoms with Crippen LogP contribution in [0.25, 0.3) is 44.6 Å². The van der Waals surface area contributed by atoms with Gasteiger partial charge in [-0.05, 0) is 109 Å². The number of ether oxygens (including phenoxy) is 1. The molecule has 0 saturated carbocycles. The van der Waals surface area contributed by atoms with E-state index < -0.39 is 28.9 Å². The van der Waals surface area contributed by atoms with Crippen molar-refractivity contribution >= 4 is 76.5 Å². The number of aromatic nitrogens is 10. The van der Waals surface area contributed by atoms with Crippen molar-refractivity contribution in [3.8, 4) is 22.5 Å². The molecule has 3 N–H and O–H groups in total. The lowest BCUT2D eigenvalue weighted by atomic mass is 10.0. The summed E-state index contributed by atoms with van der Waals surface area (Å²) in [6.45, 7) is 16.4. The van der Waals surface area contributed by atoms with Crippen LogP contribution in [0.15, 0.2) is 60.9 Å². The van der Waals surface area contributed by atoms with Crippen molar-refractivity contribution in [1.82, 2.24) is 59.2 Å². The van der Waals surface area contributed by atoms with E-state index in [4.69, 9.17) is 4.74 Å². The van der Waals surface area contributed by atoms with Crippen LogP contribution in [0.3, 0.4) is 0 Å². The molecule has 1 amide bonds. The molecule has 10 heterocycles. The van der Waals surface area contributed by atoms with Gasteiger partial charge in [-0.1, -0.05) is 12.1 Å². The first-order valence-corrected chi connectivity index (χ1v) is 24.5. The van der Waals surface area contributed by atoms with Gasteiger partial charge in [-0.25, -0.2) is 62.2 Å². The van der Waals surface area contributed by atoms with Crippen LogP contribution in [-0.4, -0.2) is 78.7 Å². The fourth-order valence-corrected chi connectivity index (χ4v) is 10.3. The van der Waals surface area contributed by atoms with Gasteiger partial charge in [-0.2, -0.15) is 0 Å². The largest absolute Gasteiger partial charge is 0.444 e. The Kier molecular flexibility index (Phi) is 14.0. The molecule has 392 valence electrons. The highest BCUT2D eigenvalue weighted by molar-refractivity contribution is 5.86. The molecule has 2 aromatic carbocycles. The van der Waals surface area contributed by atoms with Gasteiger partial charge in [0, 0.05) is 78.9 Å². The lowest BCUT2D eigenvalue weighted by Gasteiger charge is -2.30. The maximum atomic E-state index is 15.1. The van der Waals surface area contributed by atoms with E-state index >= 15 is 8.78 Å². The van der Waals surface area contributed by atoms with Gasteiger partial charge in [0.05, 0.1) is 30.0 Å². The Bertz CT molecular complexity index is 3540. The average Bonchev–Trinajstić information content (AvgIpc) is 4.09. The highest BCUT2D eigenvalue weighted by Gasteiger charge is 2.35. The Balaban J connectivity index is 0.000000182. The molecule has 75 heavy (non-hydrogen) atoms. The number of carbonyl (C=O) groups excluding carboxylic acids is 1. The number of pyridine rings is 2. The summed E-state index contributed by atoms with van der Waals surface area (Å²) in [5.74, 6) is 0.798. The Hall–Kier alpha value is -7.03. The Morgan fingerprint density at radius 3 is 1.64 bits per heavy atom. The molecular weight excluding hydrogens is 1010 g/mol. The van der Waals surface area contributed by atoms with Gasteiger partial charge in [0.2, 0.25) is 11.9 Å². The molecule has 0 atom stereocenters. The highest BCUT2D eigenvalue weighted by Crippen LogP contribution is 2.40. The van der Waals surface area contributed by atoms with E-state index in [2.05, 4.69) is 88.1 Å². The number of benzene rings is 2. The van der Waals surface area contributed by atoms with E-state index in [0.29, 0.717) is 58.8 Å². The molecule has 4 aliphatic rings. The smallest absolute Gasteiger partial charge is 0.410 e. The van der Waals surface area contributed by atoms with Crippen LogP contribution < -0.4 is 16.0 Å². The zero-order chi connectivity index (χ0) is 51.1. The zero-order valence-electron chi connectivity index (χ0n) is 42.4. The van der Waals surface area contributed by atoms with Gasteiger partial charge in [-0.15, -0.1) is 24.8 Å². The van der Waals surface area contributed by atoms with Crippen molar-refractivity contribution in [2.24, 2.45) is 0 Å². The van der Waals surface area contributed by atoms with Gasteiger partial charge in [0.1, 0.15) is 51.3 Å². The number of rotatable bonds is 6. The minimum Gasteiger partial charge on any atom is -0.444 e. The molecular formula is C53H56Cl2F4N14O2. The van der Waals surface area contributed by atoms with Crippen molar-refractivity contribution in [3.63, 3.8) is 0 Å². The number of amides is 1. The zero-order valence-corrected chi connectivity index (χ0v) is 44.0. The van der Waals surface area contributed by atoms with Gasteiger partial charge < -0.3 is 34.7 Å². The van der Waals surface area contributed by atoms with E-state index in [1.165, 1.54) is 12.1 Å². The highest BCUT2D eigenvalue weighted by atomic mass is 35.5. The molecule has 22 heteroatoms. The average molecular weight is 1070 g/mol. The number of imidazole rings is 2. The number of hydrogen-bond acceptors (Lipinski definition) is 13. The van der Waals surface area contributed by atoms with E-state index in [0.717, 1.165) is 91.8 Å². The second kappa shape index (κ2) is 19.9. The van der Waals surface area contributed by atoms with Crippen LogP contribution in [0.2, 0.25) is 0 Å². The molecule has 0 unspecified atom stereocenters. The van der Waals surface area contributed by atoms with Gasteiger partial charge in [0.15, 0.2) is 23.3 Å². The van der Waals surface area contributed by atoms with Crippen LogP contribution in [0.5, 0.6) is 0 Å². The maximum Gasteiger partial charge on any atom is 0.410 e. The number of fused-ring (bicyclic) bond motifs is 8. The van der Waals surface area contributed by atoms with Gasteiger partial charge >= 0.3 is 6.09 Å². The summed E-state index contributed by atoms with van der Waals surface area (Å²) < 4.78 is 69.5. The normalized spacial score (nSPS) is 15.9. The summed E-state index contributed by atoms with van der Waals surface area (Å²) in [7, 11) is 0. The predicted octanol–water partition coefficient (Wildman–Crippen LogP) is 11.0. The first-order chi connectivity index (χ1) is 34.8. The van der Waals surface area contributed by atoms with Crippen molar-refractivity contribution in [3.05, 3.63) is 118 Å². The SMILES string of the molecule is CC(C)(C)OC(=O)N1CCc2nc(Nc3ncc(F)c(-c4cc(F)c5nc6n(c5c4)C(C)(C)CC6)n3)ccc2C1.CC1(C)CCc2nc3c(F)cc(-c4nc(Nc5ccc6c(n5)CCNC6)ncc4F)cc3n21.Cl.Cl. The molecule has 4 aliphatic heterocycles. The van der Waals surface area contributed by atoms with Gasteiger partial charge in [-0.3, -0.25) is 0 Å². The van der Waals surface area contributed by atoms with E-state index in [1.54, 1.807) is 23.1 Å². The third-order valence-corrected chi connectivity index (χ3v) is 13.8. The predicted molar refractivity (Wildman–Crippen MR) is 282 cm³/mol. The van der Waals surface area contributed by atoms with Gasteiger partial charge in [0.25, 0.3) is 0 Å². The Morgan fingerprint density at radius 1 is 0.640 bits per heavy atom. The summed E-state index contributed by atoms with van der Waals surface area (Å²) in [5.41, 5.74) is 5.51. The van der Waals surface area contributed by atoms with Crippen LogP contribution in [0, 0.1) is 23.3 Å². The number of carbonyl (C=O) groups is 1. The third kappa shape index (κ3) is 10.3. The fraction of sp³-hybridized carbons (Fsp3) is 0.377. The van der Waals surface area contributed by atoms with E-state index in [-0.39, 0.29) is 70.8 Å². The quantitative estimate of drug-likeness (QED) is 0.134. The molecule has 16 nitrogen and oxygen atoms in total. The number of halogens is 6. The maximum absolute atomic E-state index is 15.1.